The maximum absolute atomic E-state index is 12.0. The van der Waals surface area contributed by atoms with Gasteiger partial charge in [-0.05, 0) is 32.1 Å². The van der Waals surface area contributed by atoms with Crippen LogP contribution in [0.3, 0.4) is 0 Å². The average Bonchev–Trinajstić information content (AvgIpc) is 2.46. The number of nitrogens with zero attached hydrogens (tertiary/aromatic N) is 1. The maximum Gasteiger partial charge on any atom is 0.317 e. The Morgan fingerprint density at radius 1 is 1.45 bits per heavy atom. The molecule has 0 aromatic heterocycles. The number of piperidine rings is 1. The minimum absolute atomic E-state index is 0.163. The van der Waals surface area contributed by atoms with Crippen LogP contribution in [0.2, 0.25) is 0 Å². The summed E-state index contributed by atoms with van der Waals surface area (Å²) >= 11 is 0. The molecule has 0 aromatic carbocycles. The highest BCUT2D eigenvalue weighted by Crippen LogP contribution is 2.33. The molecule has 5 heteroatoms. The molecule has 1 atom stereocenters. The van der Waals surface area contributed by atoms with E-state index >= 15 is 0 Å². The number of amides is 2. The van der Waals surface area contributed by atoms with Gasteiger partial charge in [0.1, 0.15) is 0 Å². The number of hydrogen-bond acceptors (Lipinski definition) is 2. The highest BCUT2D eigenvalue weighted by atomic mass is 16.4. The third-order valence-electron chi connectivity index (χ3n) is 4.02. The molecule has 1 saturated heterocycles. The fraction of sp³-hybridized carbons (Fsp3) is 0.733. The summed E-state index contributed by atoms with van der Waals surface area (Å²) in [6.45, 7) is 3.39. The first kappa shape index (κ1) is 16.4. The third-order valence-corrected chi connectivity index (χ3v) is 4.02. The lowest BCUT2D eigenvalue weighted by molar-refractivity contribution is -0.152. The van der Waals surface area contributed by atoms with Gasteiger partial charge < -0.3 is 15.3 Å². The van der Waals surface area contributed by atoms with Gasteiger partial charge in [-0.25, -0.2) is 4.79 Å². The van der Waals surface area contributed by atoms with E-state index in [0.717, 1.165) is 25.7 Å². The second-order valence-electron chi connectivity index (χ2n) is 5.36. The normalized spacial score (nSPS) is 22.1. The molecule has 112 valence electrons. The smallest absolute Gasteiger partial charge is 0.317 e. The van der Waals surface area contributed by atoms with Crippen LogP contribution in [0.4, 0.5) is 4.79 Å². The quantitative estimate of drug-likeness (QED) is 0.578. The largest absolute Gasteiger partial charge is 0.481 e. The number of terminal acetylenes is 1. The molecule has 0 spiro atoms. The van der Waals surface area contributed by atoms with Crippen LogP contribution in [0.5, 0.6) is 0 Å². The highest BCUT2D eigenvalue weighted by Gasteiger charge is 2.42. The lowest BCUT2D eigenvalue weighted by Crippen LogP contribution is -2.52. The molecule has 0 aliphatic carbocycles. The van der Waals surface area contributed by atoms with Gasteiger partial charge in [0.15, 0.2) is 0 Å². The molecule has 0 radical (unpaired) electrons. The monoisotopic (exact) mass is 280 g/mol. The van der Waals surface area contributed by atoms with Crippen LogP contribution in [0.25, 0.3) is 0 Å². The summed E-state index contributed by atoms with van der Waals surface area (Å²) in [6, 6.07) is -0.163. The molecule has 1 unspecified atom stereocenters. The van der Waals surface area contributed by atoms with Crippen LogP contribution in [0.1, 0.15) is 45.4 Å². The van der Waals surface area contributed by atoms with Crippen molar-refractivity contribution in [2.75, 3.05) is 19.6 Å². The number of carboxylic acids is 1. The molecule has 1 rings (SSSR count). The molecule has 1 heterocycles. The fourth-order valence-electron chi connectivity index (χ4n) is 2.58. The van der Waals surface area contributed by atoms with Crippen LogP contribution in [-0.4, -0.2) is 41.6 Å². The number of carboxylic acid groups (broad SMARTS) is 1. The first-order valence-corrected chi connectivity index (χ1v) is 7.25. The van der Waals surface area contributed by atoms with Crippen molar-refractivity contribution in [3.8, 4) is 12.3 Å². The summed E-state index contributed by atoms with van der Waals surface area (Å²) in [4.78, 5) is 25.1. The Morgan fingerprint density at radius 3 is 2.80 bits per heavy atom. The second kappa shape index (κ2) is 7.78. The topological polar surface area (TPSA) is 69.6 Å². The van der Waals surface area contributed by atoms with Gasteiger partial charge in [0, 0.05) is 26.1 Å². The SMILES string of the molecule is C#CCCCCNC(=O)N1CCCC(CC)(C(=O)O)C1. The Labute approximate surface area is 120 Å². The van der Waals surface area contributed by atoms with Crippen molar-refractivity contribution in [1.29, 1.82) is 0 Å². The number of unbranched alkanes of at least 4 members (excludes halogenated alkanes) is 2. The second-order valence-corrected chi connectivity index (χ2v) is 5.36. The molecule has 0 bridgehead atoms. The molecule has 2 N–H and O–H groups in total. The average molecular weight is 280 g/mol. The van der Waals surface area contributed by atoms with Crippen LogP contribution >= 0.6 is 0 Å². The molecule has 1 aliphatic heterocycles. The van der Waals surface area contributed by atoms with Gasteiger partial charge in [-0.1, -0.05) is 6.92 Å². The molecule has 1 fully saturated rings. The van der Waals surface area contributed by atoms with Gasteiger partial charge >= 0.3 is 12.0 Å². The standard InChI is InChI=1S/C15H24N2O3/c1-3-5-6-7-10-16-14(20)17-11-8-9-15(4-2,12-17)13(18)19/h1H,4-12H2,2H3,(H,16,20)(H,18,19). The Bertz CT molecular complexity index is 389. The van der Waals surface area contributed by atoms with Crippen molar-refractivity contribution in [2.45, 2.75) is 45.4 Å². The number of urea groups is 1. The summed E-state index contributed by atoms with van der Waals surface area (Å²) < 4.78 is 0. The van der Waals surface area contributed by atoms with Gasteiger partial charge in [0.2, 0.25) is 0 Å². The van der Waals surface area contributed by atoms with Gasteiger partial charge in [-0.2, -0.15) is 0 Å². The van der Waals surface area contributed by atoms with E-state index in [-0.39, 0.29) is 6.03 Å². The third kappa shape index (κ3) is 4.16. The van der Waals surface area contributed by atoms with E-state index < -0.39 is 11.4 Å². The van der Waals surface area contributed by atoms with Gasteiger partial charge in [0.25, 0.3) is 0 Å². The lowest BCUT2D eigenvalue weighted by atomic mass is 9.78. The molecule has 2 amide bonds. The first-order valence-electron chi connectivity index (χ1n) is 7.25. The molecular weight excluding hydrogens is 256 g/mol. The van der Waals surface area contributed by atoms with Crippen molar-refractivity contribution in [1.82, 2.24) is 10.2 Å². The number of hydrogen-bond donors (Lipinski definition) is 2. The molecule has 1 aliphatic rings. The zero-order valence-electron chi connectivity index (χ0n) is 12.2. The van der Waals surface area contributed by atoms with E-state index in [4.69, 9.17) is 6.42 Å². The summed E-state index contributed by atoms with van der Waals surface area (Å²) in [5.41, 5.74) is -0.779. The number of likely N-dealkylation sites (tertiary alicyclic amines) is 1. The van der Waals surface area contributed by atoms with E-state index in [1.165, 1.54) is 0 Å². The van der Waals surface area contributed by atoms with Crippen molar-refractivity contribution < 1.29 is 14.7 Å². The van der Waals surface area contributed by atoms with E-state index in [2.05, 4.69) is 11.2 Å². The Hall–Kier alpha value is -1.70. The van der Waals surface area contributed by atoms with Gasteiger partial charge in [0.05, 0.1) is 5.41 Å². The van der Waals surface area contributed by atoms with E-state index in [9.17, 15) is 14.7 Å². The molecule has 0 saturated carbocycles. The molecule has 0 aromatic rings. The number of aliphatic carboxylic acids is 1. The lowest BCUT2D eigenvalue weighted by Gasteiger charge is -2.39. The van der Waals surface area contributed by atoms with Crippen molar-refractivity contribution >= 4 is 12.0 Å². The van der Waals surface area contributed by atoms with E-state index in [1.807, 2.05) is 6.92 Å². The minimum atomic E-state index is -0.800. The van der Waals surface area contributed by atoms with Crippen LogP contribution in [0.15, 0.2) is 0 Å². The summed E-state index contributed by atoms with van der Waals surface area (Å²) in [5, 5.41) is 12.2. The molecule has 20 heavy (non-hydrogen) atoms. The number of rotatable bonds is 6. The van der Waals surface area contributed by atoms with E-state index in [1.54, 1.807) is 4.90 Å². The predicted octanol–water partition coefficient (Wildman–Crippen LogP) is 2.08. The Kier molecular flexibility index (Phi) is 6.37. The minimum Gasteiger partial charge on any atom is -0.481 e. The Balaban J connectivity index is 2.44. The van der Waals surface area contributed by atoms with Crippen molar-refractivity contribution in [3.63, 3.8) is 0 Å². The summed E-state index contributed by atoms with van der Waals surface area (Å²) in [7, 11) is 0. The van der Waals surface area contributed by atoms with Crippen LogP contribution in [-0.2, 0) is 4.79 Å². The van der Waals surface area contributed by atoms with Gasteiger partial charge in [-0.15, -0.1) is 12.3 Å². The summed E-state index contributed by atoms with van der Waals surface area (Å²) in [6.07, 6.45) is 9.56. The predicted molar refractivity (Wildman–Crippen MR) is 77.2 cm³/mol. The maximum atomic E-state index is 12.0. The zero-order valence-corrected chi connectivity index (χ0v) is 12.2. The summed E-state index contributed by atoms with van der Waals surface area (Å²) in [5.74, 6) is 1.76. The van der Waals surface area contributed by atoms with Crippen molar-refractivity contribution in [3.05, 3.63) is 0 Å². The molecule has 5 nitrogen and oxygen atoms in total. The van der Waals surface area contributed by atoms with Crippen molar-refractivity contribution in [2.24, 2.45) is 5.41 Å². The number of carbonyl (C=O) groups excluding carboxylic acids is 1. The number of nitrogens with one attached hydrogen (secondary N) is 1. The molecular formula is C15H24N2O3. The Morgan fingerprint density at radius 2 is 2.20 bits per heavy atom. The van der Waals surface area contributed by atoms with Gasteiger partial charge in [-0.3, -0.25) is 4.79 Å². The van der Waals surface area contributed by atoms with E-state index in [0.29, 0.717) is 32.5 Å². The number of carbonyl (C=O) groups is 2. The zero-order chi connectivity index (χ0) is 15.0. The first-order chi connectivity index (χ1) is 9.55. The fourth-order valence-corrected chi connectivity index (χ4v) is 2.58. The highest BCUT2D eigenvalue weighted by molar-refractivity contribution is 5.78. The van der Waals surface area contributed by atoms with Crippen LogP contribution < -0.4 is 5.32 Å². The van der Waals surface area contributed by atoms with Crippen LogP contribution in [0, 0.1) is 17.8 Å².